The van der Waals surface area contributed by atoms with Crippen LogP contribution in [-0.4, -0.2) is 34.9 Å². The van der Waals surface area contributed by atoms with Gasteiger partial charge in [-0.2, -0.15) is 0 Å². The van der Waals surface area contributed by atoms with Crippen LogP contribution in [0.25, 0.3) is 0 Å². The van der Waals surface area contributed by atoms with E-state index in [1.165, 1.54) is 0 Å². The van der Waals surface area contributed by atoms with Crippen LogP contribution in [0.2, 0.25) is 0 Å². The lowest BCUT2D eigenvalue weighted by atomic mass is 9.98. The minimum absolute atomic E-state index is 0.0473. The van der Waals surface area contributed by atoms with Crippen LogP contribution in [0.3, 0.4) is 0 Å². The van der Waals surface area contributed by atoms with E-state index in [1.807, 2.05) is 4.90 Å². The van der Waals surface area contributed by atoms with Crippen molar-refractivity contribution >= 4 is 17.5 Å². The van der Waals surface area contributed by atoms with E-state index in [2.05, 4.69) is 0 Å². The number of hydrogen-bond donors (Lipinski definition) is 1. The first-order valence-corrected chi connectivity index (χ1v) is 6.80. The van der Waals surface area contributed by atoms with Gasteiger partial charge in [-0.15, -0.1) is 11.6 Å². The predicted molar refractivity (Wildman–Crippen MR) is 72.2 cm³/mol. The van der Waals surface area contributed by atoms with Crippen molar-refractivity contribution in [3.63, 3.8) is 0 Å². The highest BCUT2D eigenvalue weighted by atomic mass is 35.5. The zero-order valence-electron chi connectivity index (χ0n) is 10.5. The summed E-state index contributed by atoms with van der Waals surface area (Å²) in [4.78, 5) is 14.1. The van der Waals surface area contributed by atoms with Crippen molar-refractivity contribution < 1.29 is 9.90 Å². The Morgan fingerprint density at radius 2 is 2.11 bits per heavy atom. The van der Waals surface area contributed by atoms with E-state index >= 15 is 0 Å². The Kier molecular flexibility index (Phi) is 4.12. The fourth-order valence-corrected chi connectivity index (χ4v) is 2.57. The average Bonchev–Trinajstić information content (AvgIpc) is 2.41. The number of carbonyl (C=O) groups excluding carboxylic acids is 1. The van der Waals surface area contributed by atoms with Crippen LogP contribution in [0, 0.1) is 12.8 Å². The molecular formula is C14H18ClNO2. The molecule has 0 atom stereocenters. The number of aromatic hydroxyl groups is 1. The molecule has 1 saturated heterocycles. The maximum Gasteiger partial charge on any atom is 0.253 e. The topological polar surface area (TPSA) is 40.5 Å². The number of carbonyl (C=O) groups is 1. The van der Waals surface area contributed by atoms with Crippen molar-refractivity contribution in [3.8, 4) is 5.75 Å². The second-order valence-corrected chi connectivity index (χ2v) is 5.20. The van der Waals surface area contributed by atoms with Crippen molar-refractivity contribution in [1.82, 2.24) is 4.90 Å². The van der Waals surface area contributed by atoms with Crippen LogP contribution in [0.4, 0.5) is 0 Å². The van der Waals surface area contributed by atoms with Gasteiger partial charge in [0.25, 0.3) is 5.91 Å². The van der Waals surface area contributed by atoms with E-state index < -0.39 is 0 Å². The molecule has 98 valence electrons. The highest BCUT2D eigenvalue weighted by Gasteiger charge is 2.23. The SMILES string of the molecule is Cc1cc(C(=O)N2CCC(CCl)CC2)ccc1O. The molecule has 1 aliphatic rings. The molecule has 0 bridgehead atoms. The summed E-state index contributed by atoms with van der Waals surface area (Å²) in [7, 11) is 0. The summed E-state index contributed by atoms with van der Waals surface area (Å²) in [6.45, 7) is 3.35. The molecule has 1 aromatic rings. The van der Waals surface area contributed by atoms with E-state index in [-0.39, 0.29) is 11.7 Å². The molecule has 0 radical (unpaired) electrons. The number of benzene rings is 1. The number of likely N-dealkylation sites (tertiary alicyclic amines) is 1. The molecule has 1 aromatic carbocycles. The number of hydrogen-bond acceptors (Lipinski definition) is 2. The second-order valence-electron chi connectivity index (χ2n) is 4.89. The normalized spacial score (nSPS) is 16.9. The van der Waals surface area contributed by atoms with E-state index in [4.69, 9.17) is 11.6 Å². The molecular weight excluding hydrogens is 250 g/mol. The van der Waals surface area contributed by atoms with Gasteiger partial charge in [-0.25, -0.2) is 0 Å². The minimum atomic E-state index is 0.0473. The molecule has 0 unspecified atom stereocenters. The first kappa shape index (κ1) is 13.2. The van der Waals surface area contributed by atoms with Crippen molar-refractivity contribution in [3.05, 3.63) is 29.3 Å². The smallest absolute Gasteiger partial charge is 0.253 e. The number of nitrogens with zero attached hydrogens (tertiary/aromatic N) is 1. The molecule has 2 rings (SSSR count). The van der Waals surface area contributed by atoms with Gasteiger partial charge in [0.05, 0.1) is 0 Å². The van der Waals surface area contributed by atoms with Gasteiger partial charge in [0.2, 0.25) is 0 Å². The number of rotatable bonds is 2. The lowest BCUT2D eigenvalue weighted by Crippen LogP contribution is -2.38. The molecule has 1 amide bonds. The number of aryl methyl sites for hydroxylation is 1. The molecule has 1 heterocycles. The van der Waals surface area contributed by atoms with Gasteiger partial charge in [-0.05, 0) is 49.4 Å². The highest BCUT2D eigenvalue weighted by molar-refractivity contribution is 6.18. The number of halogens is 1. The molecule has 1 fully saturated rings. The fraction of sp³-hybridized carbons (Fsp3) is 0.500. The first-order chi connectivity index (χ1) is 8.61. The molecule has 0 aromatic heterocycles. The second kappa shape index (κ2) is 5.61. The number of phenolic OH excluding ortho intramolecular Hbond substituents is 1. The molecule has 0 saturated carbocycles. The van der Waals surface area contributed by atoms with Gasteiger partial charge in [-0.1, -0.05) is 0 Å². The van der Waals surface area contributed by atoms with Crippen molar-refractivity contribution in [1.29, 1.82) is 0 Å². The Morgan fingerprint density at radius 3 is 2.67 bits per heavy atom. The van der Waals surface area contributed by atoms with Gasteiger partial charge in [0.1, 0.15) is 5.75 Å². The van der Waals surface area contributed by atoms with Gasteiger partial charge >= 0.3 is 0 Å². The van der Waals surface area contributed by atoms with E-state index in [0.29, 0.717) is 17.4 Å². The summed E-state index contributed by atoms with van der Waals surface area (Å²) >= 11 is 5.83. The fourth-order valence-electron chi connectivity index (χ4n) is 2.26. The Balaban J connectivity index is 2.05. The van der Waals surface area contributed by atoms with Gasteiger partial charge in [0.15, 0.2) is 0 Å². The molecule has 18 heavy (non-hydrogen) atoms. The molecule has 1 N–H and O–H groups in total. The van der Waals surface area contributed by atoms with Gasteiger partial charge in [-0.3, -0.25) is 4.79 Å². The number of phenols is 1. The lowest BCUT2D eigenvalue weighted by molar-refractivity contribution is 0.0698. The summed E-state index contributed by atoms with van der Waals surface area (Å²) in [5.74, 6) is 1.50. The number of alkyl halides is 1. The largest absolute Gasteiger partial charge is 0.508 e. The minimum Gasteiger partial charge on any atom is -0.508 e. The maximum atomic E-state index is 12.3. The van der Waals surface area contributed by atoms with Gasteiger partial charge < -0.3 is 10.0 Å². The van der Waals surface area contributed by atoms with Crippen LogP contribution in [0.15, 0.2) is 18.2 Å². The quantitative estimate of drug-likeness (QED) is 0.837. The van der Waals surface area contributed by atoms with Gasteiger partial charge in [0, 0.05) is 24.5 Å². The molecule has 4 heteroatoms. The number of piperidine rings is 1. The Morgan fingerprint density at radius 1 is 1.44 bits per heavy atom. The highest BCUT2D eigenvalue weighted by Crippen LogP contribution is 2.22. The van der Waals surface area contributed by atoms with Crippen LogP contribution in [0.1, 0.15) is 28.8 Å². The third kappa shape index (κ3) is 2.78. The summed E-state index contributed by atoms with van der Waals surface area (Å²) in [6.07, 6.45) is 1.96. The Bertz CT molecular complexity index is 439. The molecule has 0 spiro atoms. The molecule has 3 nitrogen and oxygen atoms in total. The maximum absolute atomic E-state index is 12.3. The van der Waals surface area contributed by atoms with Crippen LogP contribution in [-0.2, 0) is 0 Å². The van der Waals surface area contributed by atoms with Crippen molar-refractivity contribution in [2.75, 3.05) is 19.0 Å². The van der Waals surface area contributed by atoms with Crippen LogP contribution < -0.4 is 0 Å². The van der Waals surface area contributed by atoms with Crippen LogP contribution >= 0.6 is 11.6 Å². The first-order valence-electron chi connectivity index (χ1n) is 6.26. The number of amides is 1. The summed E-state index contributed by atoms with van der Waals surface area (Å²) < 4.78 is 0. The lowest BCUT2D eigenvalue weighted by Gasteiger charge is -2.31. The Hall–Kier alpha value is -1.22. The van der Waals surface area contributed by atoms with Crippen molar-refractivity contribution in [2.45, 2.75) is 19.8 Å². The monoisotopic (exact) mass is 267 g/mol. The zero-order chi connectivity index (χ0) is 13.1. The van der Waals surface area contributed by atoms with E-state index in [0.717, 1.165) is 31.5 Å². The summed E-state index contributed by atoms with van der Waals surface area (Å²) in [5.41, 5.74) is 1.38. The average molecular weight is 268 g/mol. The van der Waals surface area contributed by atoms with Crippen molar-refractivity contribution in [2.24, 2.45) is 5.92 Å². The molecule has 1 aliphatic heterocycles. The zero-order valence-corrected chi connectivity index (χ0v) is 11.3. The Labute approximate surface area is 112 Å². The third-order valence-corrected chi connectivity index (χ3v) is 4.00. The third-order valence-electron chi connectivity index (χ3n) is 3.56. The summed E-state index contributed by atoms with van der Waals surface area (Å²) in [6, 6.07) is 5.00. The standard InChI is InChI=1S/C14H18ClNO2/c1-10-8-12(2-3-13(10)17)14(18)16-6-4-11(9-15)5-7-16/h2-3,8,11,17H,4-7,9H2,1H3. The van der Waals surface area contributed by atoms with E-state index in [9.17, 15) is 9.90 Å². The summed E-state index contributed by atoms with van der Waals surface area (Å²) in [5, 5.41) is 9.46. The van der Waals surface area contributed by atoms with Crippen LogP contribution in [0.5, 0.6) is 5.75 Å². The van der Waals surface area contributed by atoms with E-state index in [1.54, 1.807) is 25.1 Å². The molecule has 0 aliphatic carbocycles. The predicted octanol–water partition coefficient (Wildman–Crippen LogP) is 2.79.